The van der Waals surface area contributed by atoms with Gasteiger partial charge in [0.05, 0.1) is 0 Å². The summed E-state index contributed by atoms with van der Waals surface area (Å²) >= 11 is 0. The van der Waals surface area contributed by atoms with E-state index in [4.69, 9.17) is 4.74 Å². The van der Waals surface area contributed by atoms with Gasteiger partial charge in [-0.1, -0.05) is 0 Å². The molecule has 0 atom stereocenters. The van der Waals surface area contributed by atoms with Crippen LogP contribution in [0, 0.1) is 0 Å². The average molecular weight is 324 g/mol. The van der Waals surface area contributed by atoms with Gasteiger partial charge in [0, 0.05) is 36.1 Å². The van der Waals surface area contributed by atoms with Crippen LogP contribution in [-0.4, -0.2) is 41.5 Å². The van der Waals surface area contributed by atoms with Crippen molar-refractivity contribution >= 4 is 5.78 Å². The number of hydrogen-bond donors (Lipinski definition) is 0. The maximum Gasteiger partial charge on any atom is 0.164 e. The molecular formula is C20H24N2O2. The molecule has 126 valence electrons. The van der Waals surface area contributed by atoms with Crippen LogP contribution in [0.15, 0.2) is 36.5 Å². The minimum absolute atomic E-state index is 0.275. The normalized spacial score (nSPS) is 17.9. The predicted molar refractivity (Wildman–Crippen MR) is 94.2 cm³/mol. The van der Waals surface area contributed by atoms with Crippen molar-refractivity contribution in [2.75, 3.05) is 26.2 Å². The molecule has 24 heavy (non-hydrogen) atoms. The summed E-state index contributed by atoms with van der Waals surface area (Å²) in [6.45, 7) is 4.17. The fraction of sp³-hybridized carbons (Fsp3) is 0.450. The molecule has 0 N–H and O–H groups in total. The number of aromatic nitrogens is 1. The van der Waals surface area contributed by atoms with E-state index in [1.54, 1.807) is 0 Å². The third-order valence-corrected chi connectivity index (χ3v) is 5.10. The summed E-state index contributed by atoms with van der Waals surface area (Å²) < 4.78 is 8.00. The number of fused-ring (bicyclic) bond motifs is 1. The molecule has 0 amide bonds. The van der Waals surface area contributed by atoms with E-state index in [-0.39, 0.29) is 5.78 Å². The second-order valence-corrected chi connectivity index (χ2v) is 6.71. The number of rotatable bonds is 5. The van der Waals surface area contributed by atoms with Gasteiger partial charge in [-0.2, -0.15) is 0 Å². The van der Waals surface area contributed by atoms with Crippen molar-refractivity contribution in [3.8, 4) is 11.4 Å². The second-order valence-electron chi connectivity index (χ2n) is 6.71. The zero-order valence-corrected chi connectivity index (χ0v) is 14.0. The Morgan fingerprint density at radius 3 is 2.54 bits per heavy atom. The van der Waals surface area contributed by atoms with E-state index in [1.165, 1.54) is 25.9 Å². The number of benzene rings is 1. The van der Waals surface area contributed by atoms with Crippen LogP contribution < -0.4 is 4.74 Å². The van der Waals surface area contributed by atoms with Gasteiger partial charge >= 0.3 is 0 Å². The van der Waals surface area contributed by atoms with E-state index >= 15 is 0 Å². The van der Waals surface area contributed by atoms with E-state index in [0.717, 1.165) is 48.7 Å². The third kappa shape index (κ3) is 3.11. The Kier molecular flexibility index (Phi) is 4.39. The van der Waals surface area contributed by atoms with Crippen LogP contribution in [0.1, 0.15) is 41.7 Å². The van der Waals surface area contributed by atoms with Crippen molar-refractivity contribution in [1.29, 1.82) is 0 Å². The standard InChI is InChI=1S/C20H24N2O2/c23-20-5-3-4-19-18(20)10-13-22(19)16-6-8-17(9-7-16)24-15-14-21-11-1-2-12-21/h6-10,13H,1-5,11-12,14-15H2. The second kappa shape index (κ2) is 6.81. The Bertz CT molecular complexity index is 712. The van der Waals surface area contributed by atoms with Crippen LogP contribution >= 0.6 is 0 Å². The highest BCUT2D eigenvalue weighted by molar-refractivity contribution is 5.98. The first-order valence-electron chi connectivity index (χ1n) is 9.00. The molecule has 0 bridgehead atoms. The van der Waals surface area contributed by atoms with E-state index in [0.29, 0.717) is 6.42 Å². The Hall–Kier alpha value is -2.07. The van der Waals surface area contributed by atoms with Gasteiger partial charge in [0.25, 0.3) is 0 Å². The van der Waals surface area contributed by atoms with Gasteiger partial charge in [-0.05, 0) is 69.1 Å². The topological polar surface area (TPSA) is 34.5 Å². The van der Waals surface area contributed by atoms with Gasteiger partial charge in [-0.15, -0.1) is 0 Å². The van der Waals surface area contributed by atoms with Crippen molar-refractivity contribution in [2.45, 2.75) is 32.1 Å². The summed E-state index contributed by atoms with van der Waals surface area (Å²) in [6.07, 6.45) is 7.25. The minimum atomic E-state index is 0.275. The number of hydrogen-bond acceptors (Lipinski definition) is 3. The molecule has 2 aromatic rings. The summed E-state index contributed by atoms with van der Waals surface area (Å²) in [4.78, 5) is 14.4. The van der Waals surface area contributed by atoms with Crippen LogP contribution in [0.25, 0.3) is 5.69 Å². The lowest BCUT2D eigenvalue weighted by Crippen LogP contribution is -2.25. The number of carbonyl (C=O) groups excluding carboxylic acids is 1. The van der Waals surface area contributed by atoms with Crippen molar-refractivity contribution < 1.29 is 9.53 Å². The maximum absolute atomic E-state index is 12.0. The first-order chi connectivity index (χ1) is 11.8. The van der Waals surface area contributed by atoms with E-state index in [2.05, 4.69) is 21.6 Å². The van der Waals surface area contributed by atoms with Crippen LogP contribution in [0.5, 0.6) is 5.75 Å². The lowest BCUT2D eigenvalue weighted by Gasteiger charge is -2.16. The molecule has 1 fully saturated rings. The number of ether oxygens (including phenoxy) is 1. The predicted octanol–water partition coefficient (Wildman–Crippen LogP) is 3.47. The molecule has 1 aliphatic heterocycles. The maximum atomic E-state index is 12.0. The largest absolute Gasteiger partial charge is 0.492 e. The van der Waals surface area contributed by atoms with Gasteiger partial charge < -0.3 is 9.30 Å². The van der Waals surface area contributed by atoms with Gasteiger partial charge in [0.1, 0.15) is 12.4 Å². The van der Waals surface area contributed by atoms with Gasteiger partial charge in [0.15, 0.2) is 5.78 Å². The average Bonchev–Trinajstić information content (AvgIpc) is 3.26. The van der Waals surface area contributed by atoms with Gasteiger partial charge in [0.2, 0.25) is 0 Å². The molecule has 0 radical (unpaired) electrons. The van der Waals surface area contributed by atoms with Crippen molar-refractivity contribution in [3.05, 3.63) is 47.8 Å². The van der Waals surface area contributed by atoms with Crippen LogP contribution in [0.2, 0.25) is 0 Å². The fourth-order valence-electron chi connectivity index (χ4n) is 3.77. The van der Waals surface area contributed by atoms with Crippen LogP contribution in [0.4, 0.5) is 0 Å². The SMILES string of the molecule is O=C1CCCc2c1ccn2-c1ccc(OCCN2CCCC2)cc1. The summed E-state index contributed by atoms with van der Waals surface area (Å²) in [7, 11) is 0. The monoisotopic (exact) mass is 324 g/mol. The highest BCUT2D eigenvalue weighted by Gasteiger charge is 2.21. The Balaban J connectivity index is 1.41. The smallest absolute Gasteiger partial charge is 0.164 e. The zero-order valence-electron chi connectivity index (χ0n) is 14.0. The zero-order chi connectivity index (χ0) is 16.4. The quantitative estimate of drug-likeness (QED) is 0.844. The summed E-state index contributed by atoms with van der Waals surface area (Å²) in [5.74, 6) is 1.19. The van der Waals surface area contributed by atoms with Crippen LogP contribution in [0.3, 0.4) is 0 Å². The lowest BCUT2D eigenvalue weighted by atomic mass is 9.97. The van der Waals surface area contributed by atoms with E-state index in [9.17, 15) is 4.79 Å². The van der Waals surface area contributed by atoms with Crippen molar-refractivity contribution in [3.63, 3.8) is 0 Å². The molecule has 2 aliphatic rings. The molecular weight excluding hydrogens is 300 g/mol. The molecule has 0 saturated carbocycles. The number of likely N-dealkylation sites (tertiary alicyclic amines) is 1. The molecule has 1 aromatic carbocycles. The Morgan fingerprint density at radius 1 is 0.958 bits per heavy atom. The van der Waals surface area contributed by atoms with Gasteiger partial charge in [-0.3, -0.25) is 9.69 Å². The highest BCUT2D eigenvalue weighted by atomic mass is 16.5. The molecule has 0 spiro atoms. The van der Waals surface area contributed by atoms with E-state index in [1.807, 2.05) is 24.4 Å². The molecule has 4 heteroatoms. The molecule has 4 rings (SSSR count). The summed E-state index contributed by atoms with van der Waals surface area (Å²) in [6, 6.07) is 10.2. The molecule has 1 aromatic heterocycles. The highest BCUT2D eigenvalue weighted by Crippen LogP contribution is 2.26. The van der Waals surface area contributed by atoms with Crippen molar-refractivity contribution in [1.82, 2.24) is 9.47 Å². The Labute approximate surface area is 143 Å². The number of carbonyl (C=O) groups is 1. The number of Topliss-reactive ketones (excluding diaryl/α,β-unsaturated/α-hetero) is 1. The Morgan fingerprint density at radius 2 is 1.75 bits per heavy atom. The van der Waals surface area contributed by atoms with Crippen molar-refractivity contribution in [2.24, 2.45) is 0 Å². The van der Waals surface area contributed by atoms with Gasteiger partial charge in [-0.25, -0.2) is 0 Å². The molecule has 0 unspecified atom stereocenters. The first kappa shape index (κ1) is 15.5. The minimum Gasteiger partial charge on any atom is -0.492 e. The van der Waals surface area contributed by atoms with Crippen LogP contribution in [-0.2, 0) is 6.42 Å². The lowest BCUT2D eigenvalue weighted by molar-refractivity contribution is 0.0972. The first-order valence-corrected chi connectivity index (χ1v) is 9.00. The third-order valence-electron chi connectivity index (χ3n) is 5.10. The molecule has 1 aliphatic carbocycles. The number of ketones is 1. The summed E-state index contributed by atoms with van der Waals surface area (Å²) in [5.41, 5.74) is 3.14. The van der Waals surface area contributed by atoms with E-state index < -0.39 is 0 Å². The summed E-state index contributed by atoms with van der Waals surface area (Å²) in [5, 5.41) is 0. The fourth-order valence-corrected chi connectivity index (χ4v) is 3.77. The number of nitrogens with zero attached hydrogens (tertiary/aromatic N) is 2. The molecule has 2 heterocycles. The molecule has 4 nitrogen and oxygen atoms in total. The molecule has 1 saturated heterocycles.